The predicted octanol–water partition coefficient (Wildman–Crippen LogP) is 3.70. The van der Waals surface area contributed by atoms with E-state index in [0.29, 0.717) is 46.4 Å². The number of nitrogens with two attached hydrogens (primary N) is 1. The Bertz CT molecular complexity index is 1100. The van der Waals surface area contributed by atoms with E-state index < -0.39 is 6.67 Å². The molecule has 0 unspecified atom stereocenters. The summed E-state index contributed by atoms with van der Waals surface area (Å²) in [6.45, 7) is -0.676. The normalized spacial score (nSPS) is 10.8. The number of aromatic nitrogens is 3. The molecule has 1 amide bonds. The molecule has 0 spiro atoms. The number of nitrogens with zero attached hydrogens (tertiary/aromatic N) is 2. The fraction of sp³-hybridized carbons (Fsp3) is 0.273. The van der Waals surface area contributed by atoms with Gasteiger partial charge in [0, 0.05) is 35.9 Å². The van der Waals surface area contributed by atoms with E-state index in [-0.39, 0.29) is 18.1 Å². The van der Waals surface area contributed by atoms with Gasteiger partial charge in [-0.3, -0.25) is 9.59 Å². The van der Waals surface area contributed by atoms with Crippen molar-refractivity contribution in [3.63, 3.8) is 0 Å². The smallest absolute Gasteiger partial charge is 0.251 e. The van der Waals surface area contributed by atoms with E-state index >= 15 is 0 Å². The summed E-state index contributed by atoms with van der Waals surface area (Å²) < 4.78 is 17.4. The number of amides is 1. The lowest BCUT2D eigenvalue weighted by Gasteiger charge is -2.09. The highest BCUT2D eigenvalue weighted by Gasteiger charge is 2.11. The van der Waals surface area contributed by atoms with Crippen LogP contribution >= 0.6 is 11.6 Å². The molecule has 3 N–H and O–H groups in total. The number of carbonyl (C=O) groups is 1. The zero-order valence-corrected chi connectivity index (χ0v) is 17.5. The first kappa shape index (κ1) is 22.4. The van der Waals surface area contributed by atoms with Crippen LogP contribution in [0.3, 0.4) is 0 Å². The number of pyridine rings is 1. The van der Waals surface area contributed by atoms with E-state index in [2.05, 4.69) is 15.0 Å². The highest BCUT2D eigenvalue weighted by molar-refractivity contribution is 6.33. The van der Waals surface area contributed by atoms with E-state index in [9.17, 15) is 14.0 Å². The molecular weight excluding hydrogens is 423 g/mol. The van der Waals surface area contributed by atoms with E-state index in [1.807, 2.05) is 12.1 Å². The first-order valence-corrected chi connectivity index (χ1v) is 10.2. The predicted molar refractivity (Wildman–Crippen MR) is 117 cm³/mol. The average molecular weight is 445 g/mol. The van der Waals surface area contributed by atoms with Gasteiger partial charge >= 0.3 is 0 Å². The number of nitrogens with one attached hydrogen (secondary N) is 1. The number of ether oxygens (including phenoxy) is 1. The Kier molecular flexibility index (Phi) is 7.72. The second-order valence-corrected chi connectivity index (χ2v) is 7.30. The monoisotopic (exact) mass is 444 g/mol. The molecule has 0 aliphatic rings. The van der Waals surface area contributed by atoms with Crippen LogP contribution in [0.15, 0.2) is 47.4 Å². The van der Waals surface area contributed by atoms with Gasteiger partial charge in [-0.25, -0.2) is 14.4 Å². The van der Waals surface area contributed by atoms with Gasteiger partial charge in [-0.2, -0.15) is 0 Å². The Morgan fingerprint density at radius 2 is 2.03 bits per heavy atom. The zero-order valence-electron chi connectivity index (χ0n) is 16.7. The number of carbonyl (C=O) groups excluding carboxylic acids is 1. The number of unbranched alkanes of at least 4 members (excludes halogenated alkanes) is 1. The van der Waals surface area contributed by atoms with E-state index in [1.54, 1.807) is 18.2 Å². The van der Waals surface area contributed by atoms with Crippen LogP contribution in [0.4, 0.5) is 4.39 Å². The van der Waals surface area contributed by atoms with Crippen molar-refractivity contribution in [3.8, 4) is 28.5 Å². The lowest BCUT2D eigenvalue weighted by Crippen LogP contribution is -2.10. The van der Waals surface area contributed by atoms with Crippen LogP contribution < -0.4 is 16.0 Å². The molecule has 0 saturated carbocycles. The summed E-state index contributed by atoms with van der Waals surface area (Å²) >= 11 is 6.37. The van der Waals surface area contributed by atoms with E-state index in [1.165, 1.54) is 12.3 Å². The first-order chi connectivity index (χ1) is 15.0. The standard InChI is InChI=1S/C22H22ClFN4O3/c23-17-7-5-14(3-1-2-4-19(25)29)11-16(17)22-27-18(12-20(30)28-22)15-6-8-21(26-13-15)31-10-9-24/h5-8,11-13H,1-4,9-10H2,(H2,25,29)(H,27,28,30). The van der Waals surface area contributed by atoms with Gasteiger partial charge in [0.25, 0.3) is 5.56 Å². The van der Waals surface area contributed by atoms with Crippen LogP contribution in [0.25, 0.3) is 22.6 Å². The van der Waals surface area contributed by atoms with Gasteiger partial charge in [-0.05, 0) is 43.0 Å². The highest BCUT2D eigenvalue weighted by Crippen LogP contribution is 2.28. The molecule has 162 valence electrons. The lowest BCUT2D eigenvalue weighted by molar-refractivity contribution is -0.118. The Morgan fingerprint density at radius 3 is 2.74 bits per heavy atom. The molecule has 2 heterocycles. The number of H-pyrrole nitrogens is 1. The second-order valence-electron chi connectivity index (χ2n) is 6.89. The quantitative estimate of drug-likeness (QED) is 0.463. The molecule has 0 atom stereocenters. The van der Waals surface area contributed by atoms with E-state index in [4.69, 9.17) is 22.1 Å². The number of halogens is 2. The Hall–Kier alpha value is -3.26. The molecule has 3 rings (SSSR count). The maximum Gasteiger partial charge on any atom is 0.251 e. The summed E-state index contributed by atoms with van der Waals surface area (Å²) in [6.07, 6.45) is 4.11. The highest BCUT2D eigenvalue weighted by atomic mass is 35.5. The molecule has 3 aromatic rings. The molecule has 0 aliphatic heterocycles. The Morgan fingerprint density at radius 1 is 1.19 bits per heavy atom. The number of hydrogen-bond donors (Lipinski definition) is 2. The summed E-state index contributed by atoms with van der Waals surface area (Å²) in [5.74, 6) is 0.315. The minimum Gasteiger partial charge on any atom is -0.475 e. The van der Waals surface area contributed by atoms with Gasteiger partial charge in [0.2, 0.25) is 11.8 Å². The summed E-state index contributed by atoms with van der Waals surface area (Å²) in [4.78, 5) is 34.5. The van der Waals surface area contributed by atoms with Crippen LogP contribution in [0.5, 0.6) is 5.88 Å². The SMILES string of the molecule is NC(=O)CCCCc1ccc(Cl)c(-c2nc(-c3ccc(OCCF)nc3)cc(=O)[nH]2)c1. The van der Waals surface area contributed by atoms with Crippen LogP contribution in [-0.4, -0.2) is 34.1 Å². The topological polar surface area (TPSA) is 111 Å². The maximum absolute atomic E-state index is 12.3. The van der Waals surface area contributed by atoms with Crippen LogP contribution in [0.1, 0.15) is 24.8 Å². The van der Waals surface area contributed by atoms with Crippen LogP contribution in [0.2, 0.25) is 5.02 Å². The average Bonchev–Trinajstić information content (AvgIpc) is 2.76. The molecule has 0 bridgehead atoms. The third-order valence-corrected chi connectivity index (χ3v) is 4.85. The van der Waals surface area contributed by atoms with Crippen molar-refractivity contribution in [2.75, 3.05) is 13.3 Å². The molecule has 7 nitrogen and oxygen atoms in total. The summed E-state index contributed by atoms with van der Waals surface area (Å²) in [5.41, 5.74) is 7.48. The van der Waals surface area contributed by atoms with Crippen molar-refractivity contribution in [2.45, 2.75) is 25.7 Å². The number of aromatic amines is 1. The van der Waals surface area contributed by atoms with Crippen molar-refractivity contribution >= 4 is 17.5 Å². The number of aryl methyl sites for hydroxylation is 1. The Labute approximate surface area is 183 Å². The number of alkyl halides is 1. The number of hydrogen-bond acceptors (Lipinski definition) is 5. The van der Waals surface area contributed by atoms with Crippen LogP contribution in [-0.2, 0) is 11.2 Å². The summed E-state index contributed by atoms with van der Waals surface area (Å²) in [5, 5.41) is 0.453. The van der Waals surface area contributed by atoms with Crippen molar-refractivity contribution in [3.05, 3.63) is 63.5 Å². The van der Waals surface area contributed by atoms with Crippen molar-refractivity contribution in [1.29, 1.82) is 0 Å². The molecule has 2 aromatic heterocycles. The third-order valence-electron chi connectivity index (χ3n) is 4.53. The summed E-state index contributed by atoms with van der Waals surface area (Å²) in [7, 11) is 0. The number of rotatable bonds is 10. The number of benzene rings is 1. The number of primary amides is 1. The minimum atomic E-state index is -0.604. The first-order valence-electron chi connectivity index (χ1n) is 9.80. The molecule has 9 heteroatoms. The molecule has 0 radical (unpaired) electrons. The largest absolute Gasteiger partial charge is 0.475 e. The molecule has 0 saturated heterocycles. The fourth-order valence-electron chi connectivity index (χ4n) is 3.03. The van der Waals surface area contributed by atoms with Crippen molar-refractivity contribution in [1.82, 2.24) is 15.0 Å². The van der Waals surface area contributed by atoms with Gasteiger partial charge in [0.1, 0.15) is 19.1 Å². The lowest BCUT2D eigenvalue weighted by atomic mass is 10.0. The molecule has 31 heavy (non-hydrogen) atoms. The van der Waals surface area contributed by atoms with Gasteiger partial charge in [0.15, 0.2) is 0 Å². The Balaban J connectivity index is 1.84. The zero-order chi connectivity index (χ0) is 22.2. The van der Waals surface area contributed by atoms with E-state index in [0.717, 1.165) is 18.4 Å². The van der Waals surface area contributed by atoms with Crippen LogP contribution in [0, 0.1) is 0 Å². The van der Waals surface area contributed by atoms with Gasteiger partial charge in [-0.15, -0.1) is 0 Å². The van der Waals surface area contributed by atoms with Crippen molar-refractivity contribution < 1.29 is 13.9 Å². The second kappa shape index (κ2) is 10.7. The summed E-state index contributed by atoms with van der Waals surface area (Å²) in [6, 6.07) is 10.2. The molecular formula is C22H22ClFN4O3. The molecule has 0 aliphatic carbocycles. The van der Waals surface area contributed by atoms with Crippen molar-refractivity contribution in [2.24, 2.45) is 5.73 Å². The maximum atomic E-state index is 12.3. The fourth-order valence-corrected chi connectivity index (χ4v) is 3.24. The van der Waals surface area contributed by atoms with Gasteiger partial charge in [-0.1, -0.05) is 17.7 Å². The molecule has 1 aromatic carbocycles. The van der Waals surface area contributed by atoms with Gasteiger partial charge < -0.3 is 15.5 Å². The molecule has 0 fully saturated rings. The minimum absolute atomic E-state index is 0.0723. The third kappa shape index (κ3) is 6.36. The van der Waals surface area contributed by atoms with Gasteiger partial charge in [0.05, 0.1) is 10.7 Å².